The second-order valence-corrected chi connectivity index (χ2v) is 3.33. The van der Waals surface area contributed by atoms with Crippen molar-refractivity contribution in [3.05, 3.63) is 30.3 Å². The van der Waals surface area contributed by atoms with Crippen LogP contribution in [-0.4, -0.2) is 16.8 Å². The lowest BCUT2D eigenvalue weighted by molar-refractivity contribution is -0.135. The minimum atomic E-state index is -0.821. The number of hydrogen-bond donors (Lipinski definition) is 1. The van der Waals surface area contributed by atoms with Gasteiger partial charge in [0.25, 0.3) is 0 Å². The predicted molar refractivity (Wildman–Crippen MR) is 60.7 cm³/mol. The number of rotatable bonds is 5. The van der Waals surface area contributed by atoms with Crippen LogP contribution in [0.4, 0.5) is 5.69 Å². The molecule has 3 heteroatoms. The van der Waals surface area contributed by atoms with E-state index in [1.165, 1.54) is 0 Å². The van der Waals surface area contributed by atoms with Gasteiger partial charge >= 0.3 is 5.97 Å². The van der Waals surface area contributed by atoms with Gasteiger partial charge < -0.3 is 5.11 Å². The number of hydrogen-bond acceptors (Lipinski definition) is 2. The van der Waals surface area contributed by atoms with Gasteiger partial charge in [-0.25, -0.2) is 0 Å². The molecule has 80 valence electrons. The first-order valence-electron chi connectivity index (χ1n) is 5.05. The SMILES string of the molecule is CCCC(CC(=O)O)=Nc1ccccc1. The summed E-state index contributed by atoms with van der Waals surface area (Å²) in [6.07, 6.45) is 1.68. The molecule has 0 saturated carbocycles. The zero-order chi connectivity index (χ0) is 11.1. The van der Waals surface area contributed by atoms with E-state index in [2.05, 4.69) is 4.99 Å². The molecule has 0 aliphatic heterocycles. The van der Waals surface area contributed by atoms with Gasteiger partial charge in [-0.1, -0.05) is 31.5 Å². The van der Waals surface area contributed by atoms with Crippen molar-refractivity contribution in [3.8, 4) is 0 Å². The van der Waals surface area contributed by atoms with Crippen LogP contribution in [0.5, 0.6) is 0 Å². The molecule has 0 aromatic heterocycles. The molecule has 0 radical (unpaired) electrons. The highest BCUT2D eigenvalue weighted by molar-refractivity contribution is 5.99. The first-order valence-corrected chi connectivity index (χ1v) is 5.05. The summed E-state index contributed by atoms with van der Waals surface area (Å²) in [6, 6.07) is 9.44. The molecule has 0 aliphatic rings. The molecule has 0 saturated heterocycles. The van der Waals surface area contributed by atoms with E-state index in [9.17, 15) is 4.79 Å². The number of nitrogens with zero attached hydrogens (tertiary/aromatic N) is 1. The number of aliphatic imine (C=N–C) groups is 1. The number of benzene rings is 1. The molecule has 0 amide bonds. The highest BCUT2D eigenvalue weighted by atomic mass is 16.4. The normalized spacial score (nSPS) is 11.4. The molecular formula is C12H15NO2. The molecule has 3 nitrogen and oxygen atoms in total. The van der Waals surface area contributed by atoms with Crippen LogP contribution >= 0.6 is 0 Å². The zero-order valence-corrected chi connectivity index (χ0v) is 8.81. The van der Waals surface area contributed by atoms with Gasteiger partial charge in [-0.15, -0.1) is 0 Å². The van der Waals surface area contributed by atoms with Crippen molar-refractivity contribution in [2.24, 2.45) is 4.99 Å². The molecule has 0 unspecified atom stereocenters. The van der Waals surface area contributed by atoms with E-state index in [4.69, 9.17) is 5.11 Å². The summed E-state index contributed by atoms with van der Waals surface area (Å²) in [5, 5.41) is 8.71. The number of carboxylic acid groups (broad SMARTS) is 1. The summed E-state index contributed by atoms with van der Waals surface area (Å²) in [5.41, 5.74) is 1.55. The Labute approximate surface area is 89.5 Å². The van der Waals surface area contributed by atoms with E-state index in [0.29, 0.717) is 0 Å². The molecule has 0 spiro atoms. The predicted octanol–water partition coefficient (Wildman–Crippen LogP) is 3.03. The van der Waals surface area contributed by atoms with Gasteiger partial charge in [0.2, 0.25) is 0 Å². The van der Waals surface area contributed by atoms with Crippen LogP contribution in [0.1, 0.15) is 26.2 Å². The average Bonchev–Trinajstić information content (AvgIpc) is 2.18. The topological polar surface area (TPSA) is 49.7 Å². The zero-order valence-electron chi connectivity index (χ0n) is 8.81. The van der Waals surface area contributed by atoms with Gasteiger partial charge in [-0.05, 0) is 18.6 Å². The van der Waals surface area contributed by atoms with Crippen molar-refractivity contribution in [1.29, 1.82) is 0 Å². The van der Waals surface area contributed by atoms with Crippen LogP contribution < -0.4 is 0 Å². The lowest BCUT2D eigenvalue weighted by Gasteiger charge is -2.01. The summed E-state index contributed by atoms with van der Waals surface area (Å²) in [4.78, 5) is 14.9. The Kier molecular flexibility index (Phi) is 4.54. The van der Waals surface area contributed by atoms with E-state index in [1.54, 1.807) is 0 Å². The maximum absolute atomic E-state index is 10.6. The quantitative estimate of drug-likeness (QED) is 0.751. The van der Waals surface area contributed by atoms with Gasteiger partial charge in [-0.2, -0.15) is 0 Å². The summed E-state index contributed by atoms with van der Waals surface area (Å²) in [7, 11) is 0. The first-order chi connectivity index (χ1) is 7.22. The molecule has 0 fully saturated rings. The van der Waals surface area contributed by atoms with Crippen LogP contribution in [0.25, 0.3) is 0 Å². The van der Waals surface area contributed by atoms with Gasteiger partial charge in [0.05, 0.1) is 12.1 Å². The largest absolute Gasteiger partial charge is 0.481 e. The molecule has 15 heavy (non-hydrogen) atoms. The van der Waals surface area contributed by atoms with Crippen molar-refractivity contribution in [3.63, 3.8) is 0 Å². The molecule has 0 heterocycles. The highest BCUT2D eigenvalue weighted by Crippen LogP contribution is 2.12. The fraction of sp³-hybridized carbons (Fsp3) is 0.333. The Balaban J connectivity index is 2.78. The Hall–Kier alpha value is -1.64. The molecule has 0 bridgehead atoms. The van der Waals surface area contributed by atoms with Crippen molar-refractivity contribution < 1.29 is 9.90 Å². The molecule has 1 aromatic rings. The van der Waals surface area contributed by atoms with Crippen molar-refractivity contribution in [1.82, 2.24) is 0 Å². The summed E-state index contributed by atoms with van der Waals surface area (Å²) in [5.74, 6) is -0.821. The molecule has 0 atom stereocenters. The maximum atomic E-state index is 10.6. The fourth-order valence-corrected chi connectivity index (χ4v) is 1.33. The van der Waals surface area contributed by atoms with Gasteiger partial charge in [0, 0.05) is 5.71 Å². The monoisotopic (exact) mass is 205 g/mol. The second kappa shape index (κ2) is 5.96. The summed E-state index contributed by atoms with van der Waals surface area (Å²) in [6.45, 7) is 2.02. The smallest absolute Gasteiger partial charge is 0.309 e. The second-order valence-electron chi connectivity index (χ2n) is 3.33. The standard InChI is InChI=1S/C12H15NO2/c1-2-6-11(9-12(14)15)13-10-7-4-3-5-8-10/h3-5,7-8H,2,6,9H2,1H3,(H,14,15). The lowest BCUT2D eigenvalue weighted by atomic mass is 10.1. The van der Waals surface area contributed by atoms with E-state index in [0.717, 1.165) is 24.2 Å². The molecule has 1 N–H and O–H groups in total. The van der Waals surface area contributed by atoms with Gasteiger partial charge in [0.15, 0.2) is 0 Å². The average molecular weight is 205 g/mol. The van der Waals surface area contributed by atoms with E-state index < -0.39 is 5.97 Å². The van der Waals surface area contributed by atoms with Crippen molar-refractivity contribution in [2.75, 3.05) is 0 Å². The Morgan fingerprint density at radius 3 is 2.53 bits per heavy atom. The van der Waals surface area contributed by atoms with Gasteiger partial charge in [0.1, 0.15) is 0 Å². The van der Waals surface area contributed by atoms with E-state index in [1.807, 2.05) is 37.3 Å². The first kappa shape index (κ1) is 11.4. The molecular weight excluding hydrogens is 190 g/mol. The third-order valence-corrected chi connectivity index (χ3v) is 1.94. The molecule has 1 aromatic carbocycles. The number of para-hydroxylation sites is 1. The van der Waals surface area contributed by atoms with E-state index >= 15 is 0 Å². The number of carboxylic acids is 1. The van der Waals surface area contributed by atoms with Crippen LogP contribution in [0.3, 0.4) is 0 Å². The Bertz CT molecular complexity index is 344. The van der Waals surface area contributed by atoms with Crippen LogP contribution in [0.15, 0.2) is 35.3 Å². The summed E-state index contributed by atoms with van der Waals surface area (Å²) < 4.78 is 0. The Morgan fingerprint density at radius 2 is 2.00 bits per heavy atom. The lowest BCUT2D eigenvalue weighted by Crippen LogP contribution is -2.06. The number of carbonyl (C=O) groups is 1. The third-order valence-electron chi connectivity index (χ3n) is 1.94. The minimum Gasteiger partial charge on any atom is -0.481 e. The molecule has 0 aliphatic carbocycles. The van der Waals surface area contributed by atoms with Crippen molar-refractivity contribution in [2.45, 2.75) is 26.2 Å². The number of aliphatic carboxylic acids is 1. The maximum Gasteiger partial charge on any atom is 0.309 e. The van der Waals surface area contributed by atoms with Crippen LogP contribution in [0.2, 0.25) is 0 Å². The van der Waals surface area contributed by atoms with Crippen molar-refractivity contribution >= 4 is 17.4 Å². The molecule has 1 rings (SSSR count). The van der Waals surface area contributed by atoms with Crippen LogP contribution in [0, 0.1) is 0 Å². The highest BCUT2D eigenvalue weighted by Gasteiger charge is 2.04. The summed E-state index contributed by atoms with van der Waals surface area (Å²) >= 11 is 0. The fourth-order valence-electron chi connectivity index (χ4n) is 1.33. The van der Waals surface area contributed by atoms with Gasteiger partial charge in [-0.3, -0.25) is 9.79 Å². The minimum absolute atomic E-state index is 0.0305. The Morgan fingerprint density at radius 1 is 1.33 bits per heavy atom. The van der Waals surface area contributed by atoms with E-state index in [-0.39, 0.29) is 6.42 Å². The third kappa shape index (κ3) is 4.40. The van der Waals surface area contributed by atoms with Crippen LogP contribution in [-0.2, 0) is 4.79 Å².